The molecular weight excluding hydrogens is 500 g/mol. The molecule has 0 aromatic heterocycles. The van der Waals surface area contributed by atoms with E-state index in [0.29, 0.717) is 23.1 Å². The number of hydrogen-bond donors (Lipinski definition) is 0. The molecular formula is C26H27BrN2O5. The van der Waals surface area contributed by atoms with Gasteiger partial charge in [-0.1, -0.05) is 41.9 Å². The number of ketones is 1. The van der Waals surface area contributed by atoms with E-state index in [0.717, 1.165) is 24.0 Å². The highest BCUT2D eigenvalue weighted by Crippen LogP contribution is 2.30. The SMILES string of the molecule is CC1CC(C)CN(C2CC(=O)N(c3ccc(C(=O)OCC(=O)c4ccc(Br)cc4)cc3)C2=O)C1. The van der Waals surface area contributed by atoms with Crippen molar-refractivity contribution in [3.63, 3.8) is 0 Å². The number of ether oxygens (including phenoxy) is 1. The fourth-order valence-electron chi connectivity index (χ4n) is 4.82. The fraction of sp³-hybridized carbons (Fsp3) is 0.385. The number of anilines is 1. The van der Waals surface area contributed by atoms with Gasteiger partial charge in [-0.2, -0.15) is 0 Å². The molecule has 2 aromatic carbocycles. The predicted molar refractivity (Wildman–Crippen MR) is 131 cm³/mol. The van der Waals surface area contributed by atoms with Crippen LogP contribution in [0.1, 0.15) is 47.4 Å². The van der Waals surface area contributed by atoms with Crippen LogP contribution in [0.4, 0.5) is 5.69 Å². The molecule has 0 spiro atoms. The zero-order valence-electron chi connectivity index (χ0n) is 19.2. The molecule has 0 bridgehead atoms. The summed E-state index contributed by atoms with van der Waals surface area (Å²) in [4.78, 5) is 53.7. The van der Waals surface area contributed by atoms with E-state index in [1.54, 1.807) is 36.4 Å². The molecule has 8 heteroatoms. The normalized spacial score (nSPS) is 23.3. The summed E-state index contributed by atoms with van der Waals surface area (Å²) >= 11 is 3.31. The highest BCUT2D eigenvalue weighted by molar-refractivity contribution is 9.10. The first-order valence-corrected chi connectivity index (χ1v) is 12.2. The van der Waals surface area contributed by atoms with Crippen LogP contribution in [0, 0.1) is 11.8 Å². The average molecular weight is 527 g/mol. The fourth-order valence-corrected chi connectivity index (χ4v) is 5.08. The molecule has 2 aromatic rings. The van der Waals surface area contributed by atoms with Gasteiger partial charge in [0.25, 0.3) is 5.91 Å². The van der Waals surface area contributed by atoms with Gasteiger partial charge < -0.3 is 4.74 Å². The van der Waals surface area contributed by atoms with E-state index in [1.807, 2.05) is 0 Å². The number of likely N-dealkylation sites (tertiary alicyclic amines) is 1. The Morgan fingerprint density at radius 1 is 0.941 bits per heavy atom. The summed E-state index contributed by atoms with van der Waals surface area (Å²) in [6, 6.07) is 12.5. The molecule has 3 unspecified atom stereocenters. The maximum atomic E-state index is 13.1. The minimum Gasteiger partial charge on any atom is -0.454 e. The third kappa shape index (κ3) is 5.28. The Hall–Kier alpha value is -2.84. The Kier molecular flexibility index (Phi) is 7.28. The first kappa shape index (κ1) is 24.3. The molecule has 2 amide bonds. The van der Waals surface area contributed by atoms with Crippen molar-refractivity contribution in [2.24, 2.45) is 11.8 Å². The van der Waals surface area contributed by atoms with E-state index in [9.17, 15) is 19.2 Å². The van der Waals surface area contributed by atoms with E-state index >= 15 is 0 Å². The summed E-state index contributed by atoms with van der Waals surface area (Å²) in [6.45, 7) is 5.59. The number of rotatable bonds is 6. The van der Waals surface area contributed by atoms with Gasteiger partial charge in [0.05, 0.1) is 23.7 Å². The largest absolute Gasteiger partial charge is 0.454 e. The summed E-state index contributed by atoms with van der Waals surface area (Å²) in [5, 5.41) is 0. The van der Waals surface area contributed by atoms with Gasteiger partial charge in [0.15, 0.2) is 12.4 Å². The molecule has 2 fully saturated rings. The Labute approximate surface area is 207 Å². The lowest BCUT2D eigenvalue weighted by Crippen LogP contribution is -2.48. The second-order valence-electron chi connectivity index (χ2n) is 9.24. The van der Waals surface area contributed by atoms with Crippen LogP contribution in [0.5, 0.6) is 0 Å². The molecule has 0 radical (unpaired) electrons. The molecule has 178 valence electrons. The van der Waals surface area contributed by atoms with Crippen LogP contribution in [-0.4, -0.2) is 54.2 Å². The molecule has 2 saturated heterocycles. The highest BCUT2D eigenvalue weighted by Gasteiger charge is 2.44. The third-order valence-corrected chi connectivity index (χ3v) is 6.85. The van der Waals surface area contributed by atoms with Gasteiger partial charge >= 0.3 is 5.97 Å². The van der Waals surface area contributed by atoms with Crippen LogP contribution in [0.2, 0.25) is 0 Å². The molecule has 2 heterocycles. The maximum Gasteiger partial charge on any atom is 0.338 e. The predicted octanol–water partition coefficient (Wildman–Crippen LogP) is 4.10. The molecule has 0 aliphatic carbocycles. The molecule has 0 saturated carbocycles. The summed E-state index contributed by atoms with van der Waals surface area (Å²) in [6.07, 6.45) is 1.29. The van der Waals surface area contributed by atoms with Crippen LogP contribution < -0.4 is 4.90 Å². The van der Waals surface area contributed by atoms with Gasteiger partial charge in [-0.15, -0.1) is 0 Å². The number of carbonyl (C=O) groups is 4. The number of carbonyl (C=O) groups excluding carboxylic acids is 4. The Morgan fingerprint density at radius 2 is 1.53 bits per heavy atom. The zero-order chi connectivity index (χ0) is 24.4. The van der Waals surface area contributed by atoms with Gasteiger partial charge in [-0.3, -0.25) is 19.3 Å². The first-order chi connectivity index (χ1) is 16.2. The summed E-state index contributed by atoms with van der Waals surface area (Å²) in [5.74, 6) is -0.440. The number of imide groups is 1. The number of nitrogens with zero attached hydrogens (tertiary/aromatic N) is 2. The van der Waals surface area contributed by atoms with Crippen molar-refractivity contribution in [3.8, 4) is 0 Å². The smallest absolute Gasteiger partial charge is 0.338 e. The summed E-state index contributed by atoms with van der Waals surface area (Å²) < 4.78 is 5.99. The highest BCUT2D eigenvalue weighted by atomic mass is 79.9. The molecule has 7 nitrogen and oxygen atoms in total. The minimum atomic E-state index is -0.648. The number of piperidine rings is 1. The Morgan fingerprint density at radius 3 is 2.15 bits per heavy atom. The molecule has 3 atom stereocenters. The van der Waals surface area contributed by atoms with Gasteiger partial charge in [0.1, 0.15) is 0 Å². The summed E-state index contributed by atoms with van der Waals surface area (Å²) in [7, 11) is 0. The number of amides is 2. The molecule has 2 aliphatic rings. The van der Waals surface area contributed by atoms with E-state index in [2.05, 4.69) is 34.7 Å². The van der Waals surface area contributed by atoms with Crippen LogP contribution in [0.3, 0.4) is 0 Å². The lowest BCUT2D eigenvalue weighted by atomic mass is 9.90. The number of hydrogen-bond acceptors (Lipinski definition) is 6. The number of halogens is 1. The number of esters is 1. The van der Waals surface area contributed by atoms with Crippen molar-refractivity contribution in [1.29, 1.82) is 0 Å². The van der Waals surface area contributed by atoms with E-state index < -0.39 is 12.0 Å². The van der Waals surface area contributed by atoms with E-state index in [4.69, 9.17) is 4.74 Å². The monoisotopic (exact) mass is 526 g/mol. The van der Waals surface area contributed by atoms with Crippen molar-refractivity contribution in [2.45, 2.75) is 32.7 Å². The average Bonchev–Trinajstić information content (AvgIpc) is 3.11. The molecule has 2 aliphatic heterocycles. The third-order valence-electron chi connectivity index (χ3n) is 6.32. The molecule has 4 rings (SSSR count). The molecule has 0 N–H and O–H groups in total. The van der Waals surface area contributed by atoms with Gasteiger partial charge in [0.2, 0.25) is 5.91 Å². The standard InChI is InChI=1S/C26H27BrN2O5/c1-16-11-17(2)14-28(13-16)22-12-24(31)29(25(22)32)21-9-5-19(6-10-21)26(33)34-15-23(30)18-3-7-20(27)8-4-18/h3-10,16-17,22H,11-15H2,1-2H3. The summed E-state index contributed by atoms with van der Waals surface area (Å²) in [5.41, 5.74) is 1.12. The van der Waals surface area contributed by atoms with Gasteiger partial charge in [-0.05, 0) is 54.7 Å². The lowest BCUT2D eigenvalue weighted by molar-refractivity contribution is -0.123. The van der Waals surface area contributed by atoms with Crippen molar-refractivity contribution >= 4 is 45.2 Å². The Balaban J connectivity index is 1.38. The quantitative estimate of drug-likeness (QED) is 0.320. The van der Waals surface area contributed by atoms with E-state index in [-0.39, 0.29) is 36.2 Å². The van der Waals surface area contributed by atoms with Crippen molar-refractivity contribution < 1.29 is 23.9 Å². The van der Waals surface area contributed by atoms with Crippen molar-refractivity contribution in [3.05, 3.63) is 64.1 Å². The van der Waals surface area contributed by atoms with Crippen molar-refractivity contribution in [2.75, 3.05) is 24.6 Å². The molecule has 34 heavy (non-hydrogen) atoms. The zero-order valence-corrected chi connectivity index (χ0v) is 20.8. The van der Waals surface area contributed by atoms with Crippen LogP contribution >= 0.6 is 15.9 Å². The number of benzene rings is 2. The maximum absolute atomic E-state index is 13.1. The van der Waals surface area contributed by atoms with E-state index in [1.165, 1.54) is 17.0 Å². The lowest BCUT2D eigenvalue weighted by Gasteiger charge is -2.37. The first-order valence-electron chi connectivity index (χ1n) is 11.4. The van der Waals surface area contributed by atoms with Gasteiger partial charge in [0, 0.05) is 23.1 Å². The van der Waals surface area contributed by atoms with Crippen LogP contribution in [0.25, 0.3) is 0 Å². The van der Waals surface area contributed by atoms with Crippen molar-refractivity contribution in [1.82, 2.24) is 4.90 Å². The second-order valence-corrected chi connectivity index (χ2v) is 10.2. The Bertz CT molecular complexity index is 1090. The minimum absolute atomic E-state index is 0.167. The number of Topliss-reactive ketones (excluding diaryl/α,β-unsaturated/α-hetero) is 1. The topological polar surface area (TPSA) is 84.0 Å². The van der Waals surface area contributed by atoms with Crippen LogP contribution in [-0.2, 0) is 14.3 Å². The van der Waals surface area contributed by atoms with Gasteiger partial charge in [-0.25, -0.2) is 9.69 Å². The van der Waals surface area contributed by atoms with Crippen LogP contribution in [0.15, 0.2) is 53.0 Å². The second kappa shape index (κ2) is 10.2.